The lowest BCUT2D eigenvalue weighted by Gasteiger charge is -2.08. The van der Waals surface area contributed by atoms with E-state index < -0.39 is 23.9 Å². The molecule has 7 heteroatoms. The van der Waals surface area contributed by atoms with Crippen LogP contribution in [0, 0.1) is 0 Å². The molecule has 102 valence electrons. The summed E-state index contributed by atoms with van der Waals surface area (Å²) < 4.78 is 0. The van der Waals surface area contributed by atoms with Gasteiger partial charge in [-0.1, -0.05) is 6.07 Å². The third kappa shape index (κ3) is 4.76. The molecule has 0 aliphatic rings. The molecule has 0 aliphatic carbocycles. The maximum absolute atomic E-state index is 11.5. The molecule has 7 nitrogen and oxygen atoms in total. The largest absolute Gasteiger partial charge is 0.480 e. The Morgan fingerprint density at radius 3 is 2.53 bits per heavy atom. The minimum Gasteiger partial charge on any atom is -0.480 e. The molecule has 0 aliphatic heterocycles. The van der Waals surface area contributed by atoms with Gasteiger partial charge in [-0.05, 0) is 24.6 Å². The number of rotatable bonds is 6. The fourth-order valence-electron chi connectivity index (χ4n) is 1.36. The first kappa shape index (κ1) is 14.7. The lowest BCUT2D eigenvalue weighted by atomic mass is 10.1. The zero-order valence-electron chi connectivity index (χ0n) is 10.00. The highest BCUT2D eigenvalue weighted by atomic mass is 16.4. The molecule has 1 amide bonds. The van der Waals surface area contributed by atoms with Crippen molar-refractivity contribution < 1.29 is 24.6 Å². The molecule has 1 aromatic carbocycles. The van der Waals surface area contributed by atoms with Gasteiger partial charge in [-0.15, -0.1) is 0 Å². The lowest BCUT2D eigenvalue weighted by Crippen LogP contribution is -2.31. The number of nitrogens with one attached hydrogen (secondary N) is 1. The summed E-state index contributed by atoms with van der Waals surface area (Å²) in [5, 5.41) is 19.8. The van der Waals surface area contributed by atoms with Crippen LogP contribution < -0.4 is 11.1 Å². The van der Waals surface area contributed by atoms with E-state index in [0.29, 0.717) is 5.69 Å². The summed E-state index contributed by atoms with van der Waals surface area (Å²) in [4.78, 5) is 32.7. The molecule has 1 aromatic rings. The summed E-state index contributed by atoms with van der Waals surface area (Å²) in [5.74, 6) is -2.68. The molecule has 0 aromatic heterocycles. The van der Waals surface area contributed by atoms with Crippen LogP contribution in [0.15, 0.2) is 24.3 Å². The average Bonchev–Trinajstić information content (AvgIpc) is 2.36. The number of carboxylic acids is 2. The monoisotopic (exact) mass is 266 g/mol. The van der Waals surface area contributed by atoms with Gasteiger partial charge in [-0.2, -0.15) is 0 Å². The van der Waals surface area contributed by atoms with E-state index in [1.54, 1.807) is 6.07 Å². The van der Waals surface area contributed by atoms with Gasteiger partial charge in [-0.3, -0.25) is 9.59 Å². The smallest absolute Gasteiger partial charge is 0.335 e. The molecular weight excluding hydrogens is 252 g/mol. The van der Waals surface area contributed by atoms with Crippen LogP contribution in [-0.4, -0.2) is 34.1 Å². The Morgan fingerprint density at radius 2 is 1.95 bits per heavy atom. The van der Waals surface area contributed by atoms with Crippen molar-refractivity contribution in [1.29, 1.82) is 0 Å². The molecular formula is C12H14N2O5. The van der Waals surface area contributed by atoms with Gasteiger partial charge in [0, 0.05) is 12.1 Å². The Bertz CT molecular complexity index is 501. The van der Waals surface area contributed by atoms with Crippen LogP contribution in [0.2, 0.25) is 0 Å². The number of carbonyl (C=O) groups excluding carboxylic acids is 1. The fourth-order valence-corrected chi connectivity index (χ4v) is 1.36. The van der Waals surface area contributed by atoms with Crippen molar-refractivity contribution in [2.45, 2.75) is 18.9 Å². The number of amides is 1. The first-order valence-corrected chi connectivity index (χ1v) is 5.51. The summed E-state index contributed by atoms with van der Waals surface area (Å²) in [7, 11) is 0. The molecule has 19 heavy (non-hydrogen) atoms. The van der Waals surface area contributed by atoms with Gasteiger partial charge in [0.05, 0.1) is 5.56 Å². The quantitative estimate of drug-likeness (QED) is 0.593. The van der Waals surface area contributed by atoms with E-state index in [2.05, 4.69) is 5.32 Å². The van der Waals surface area contributed by atoms with E-state index in [9.17, 15) is 14.4 Å². The van der Waals surface area contributed by atoms with Gasteiger partial charge in [0.1, 0.15) is 6.04 Å². The molecule has 1 rings (SSSR count). The van der Waals surface area contributed by atoms with Crippen molar-refractivity contribution in [2.24, 2.45) is 5.73 Å². The number of anilines is 1. The van der Waals surface area contributed by atoms with Gasteiger partial charge < -0.3 is 21.3 Å². The second-order valence-electron chi connectivity index (χ2n) is 3.92. The normalized spacial score (nSPS) is 11.6. The number of carboxylic acid groups (broad SMARTS) is 2. The van der Waals surface area contributed by atoms with Gasteiger partial charge >= 0.3 is 11.9 Å². The van der Waals surface area contributed by atoms with Crippen molar-refractivity contribution in [3.8, 4) is 0 Å². The molecule has 0 bridgehead atoms. The molecule has 0 spiro atoms. The summed E-state index contributed by atoms with van der Waals surface area (Å²) in [6.07, 6.45) is -0.0371. The van der Waals surface area contributed by atoms with Crippen molar-refractivity contribution in [3.05, 3.63) is 29.8 Å². The molecule has 0 saturated heterocycles. The molecule has 1 atom stereocenters. The predicted octanol–water partition coefficient (Wildman–Crippen LogP) is 0.515. The fraction of sp³-hybridized carbons (Fsp3) is 0.250. The minimum absolute atomic E-state index is 0.0137. The SMILES string of the molecule is NC(CCC(=O)Nc1cccc(C(=O)O)c1)C(=O)O. The number of hydrogen-bond acceptors (Lipinski definition) is 4. The number of carbonyl (C=O) groups is 3. The summed E-state index contributed by atoms with van der Waals surface area (Å²) >= 11 is 0. The highest BCUT2D eigenvalue weighted by Crippen LogP contribution is 2.11. The Balaban J connectivity index is 2.55. The third-order valence-corrected chi connectivity index (χ3v) is 2.39. The minimum atomic E-state index is -1.17. The number of aromatic carboxylic acids is 1. The molecule has 0 fully saturated rings. The van der Waals surface area contributed by atoms with E-state index in [1.165, 1.54) is 18.2 Å². The number of benzene rings is 1. The average molecular weight is 266 g/mol. The second kappa shape index (κ2) is 6.50. The molecule has 1 unspecified atom stereocenters. The summed E-state index contributed by atoms with van der Waals surface area (Å²) in [6.45, 7) is 0. The van der Waals surface area contributed by atoms with E-state index in [-0.39, 0.29) is 18.4 Å². The highest BCUT2D eigenvalue weighted by Gasteiger charge is 2.13. The Labute approximate surface area is 109 Å². The van der Waals surface area contributed by atoms with Crippen LogP contribution in [0.25, 0.3) is 0 Å². The topological polar surface area (TPSA) is 130 Å². The van der Waals surface area contributed by atoms with Crippen LogP contribution >= 0.6 is 0 Å². The zero-order valence-corrected chi connectivity index (χ0v) is 10.00. The standard InChI is InChI=1S/C12H14N2O5/c13-9(12(18)19)4-5-10(15)14-8-3-1-2-7(6-8)11(16)17/h1-3,6,9H,4-5,13H2,(H,14,15)(H,16,17)(H,18,19). The van der Waals surface area contributed by atoms with Crippen LogP contribution in [0.1, 0.15) is 23.2 Å². The van der Waals surface area contributed by atoms with E-state index >= 15 is 0 Å². The molecule has 5 N–H and O–H groups in total. The van der Waals surface area contributed by atoms with E-state index in [0.717, 1.165) is 0 Å². The van der Waals surface area contributed by atoms with Crippen molar-refractivity contribution in [2.75, 3.05) is 5.32 Å². The Morgan fingerprint density at radius 1 is 1.26 bits per heavy atom. The van der Waals surface area contributed by atoms with Gasteiger partial charge in [-0.25, -0.2) is 4.79 Å². The molecule has 0 radical (unpaired) electrons. The Kier molecular flexibility index (Phi) is 5.01. The number of hydrogen-bond donors (Lipinski definition) is 4. The van der Waals surface area contributed by atoms with Gasteiger partial charge in [0.25, 0.3) is 0 Å². The van der Waals surface area contributed by atoms with Gasteiger partial charge in [0.15, 0.2) is 0 Å². The summed E-state index contributed by atoms with van der Waals surface area (Å²) in [6, 6.07) is 4.68. The predicted molar refractivity (Wildman–Crippen MR) is 66.9 cm³/mol. The Hall–Kier alpha value is -2.41. The van der Waals surface area contributed by atoms with Crippen molar-refractivity contribution >= 4 is 23.5 Å². The van der Waals surface area contributed by atoms with Gasteiger partial charge in [0.2, 0.25) is 5.91 Å². The van der Waals surface area contributed by atoms with Crippen molar-refractivity contribution in [3.63, 3.8) is 0 Å². The number of aliphatic carboxylic acids is 1. The second-order valence-corrected chi connectivity index (χ2v) is 3.92. The molecule has 0 heterocycles. The maximum Gasteiger partial charge on any atom is 0.335 e. The summed E-state index contributed by atoms with van der Waals surface area (Å²) in [5.41, 5.74) is 5.66. The van der Waals surface area contributed by atoms with E-state index in [4.69, 9.17) is 15.9 Å². The number of nitrogens with two attached hydrogens (primary N) is 1. The van der Waals surface area contributed by atoms with Crippen LogP contribution in [-0.2, 0) is 9.59 Å². The maximum atomic E-state index is 11.5. The first-order valence-electron chi connectivity index (χ1n) is 5.51. The zero-order chi connectivity index (χ0) is 14.4. The third-order valence-electron chi connectivity index (χ3n) is 2.39. The first-order chi connectivity index (χ1) is 8.90. The van der Waals surface area contributed by atoms with Crippen LogP contribution in [0.4, 0.5) is 5.69 Å². The lowest BCUT2D eigenvalue weighted by molar-refractivity contribution is -0.138. The van der Waals surface area contributed by atoms with Crippen LogP contribution in [0.3, 0.4) is 0 Å². The van der Waals surface area contributed by atoms with Crippen LogP contribution in [0.5, 0.6) is 0 Å². The van der Waals surface area contributed by atoms with E-state index in [1.807, 2.05) is 0 Å². The highest BCUT2D eigenvalue weighted by molar-refractivity contribution is 5.94. The molecule has 0 saturated carbocycles. The van der Waals surface area contributed by atoms with Crippen molar-refractivity contribution in [1.82, 2.24) is 0 Å².